The average molecular weight is 422 g/mol. The molecule has 0 aliphatic carbocycles. The Kier molecular flexibility index (Phi) is 7.09. The van der Waals surface area contributed by atoms with Crippen LogP contribution in [0.4, 0.5) is 24.9 Å². The van der Waals surface area contributed by atoms with Gasteiger partial charge in [-0.2, -0.15) is 18.2 Å². The molecule has 0 radical (unpaired) electrons. The summed E-state index contributed by atoms with van der Waals surface area (Å²) in [5.74, 6) is -0.643. The van der Waals surface area contributed by atoms with Gasteiger partial charge in [0.15, 0.2) is 0 Å². The number of benzene rings is 1. The van der Waals surface area contributed by atoms with Crippen molar-refractivity contribution in [2.75, 3.05) is 23.7 Å². The first kappa shape index (κ1) is 21.0. The first-order valence-electron chi connectivity index (χ1n) is 7.77. The molecule has 1 amide bonds. The van der Waals surface area contributed by atoms with Gasteiger partial charge in [0.05, 0.1) is 10.0 Å². The lowest BCUT2D eigenvalue weighted by Gasteiger charge is -2.15. The molecule has 0 bridgehead atoms. The number of anilines is 2. The van der Waals surface area contributed by atoms with Crippen molar-refractivity contribution in [1.82, 2.24) is 15.3 Å². The van der Waals surface area contributed by atoms with E-state index in [1.165, 1.54) is 6.92 Å². The summed E-state index contributed by atoms with van der Waals surface area (Å²) in [4.78, 5) is 18.4. The van der Waals surface area contributed by atoms with Crippen LogP contribution in [0.5, 0.6) is 0 Å². The lowest BCUT2D eigenvalue weighted by Crippen LogP contribution is -2.27. The molecule has 0 atom stereocenters. The van der Waals surface area contributed by atoms with Gasteiger partial charge in [0.25, 0.3) is 0 Å². The number of hydrogen-bond donors (Lipinski definition) is 3. The van der Waals surface area contributed by atoms with E-state index in [-0.39, 0.29) is 37.3 Å². The minimum Gasteiger partial charge on any atom is -0.368 e. The molecule has 6 nitrogen and oxygen atoms in total. The molecule has 0 aliphatic rings. The largest absolute Gasteiger partial charge is 0.421 e. The van der Waals surface area contributed by atoms with E-state index >= 15 is 0 Å². The van der Waals surface area contributed by atoms with Gasteiger partial charge in [-0.25, -0.2) is 4.98 Å². The van der Waals surface area contributed by atoms with Gasteiger partial charge in [-0.3, -0.25) is 4.79 Å². The van der Waals surface area contributed by atoms with Crippen molar-refractivity contribution >= 4 is 40.9 Å². The number of carbonyl (C=O) groups is 1. The molecule has 0 fully saturated rings. The van der Waals surface area contributed by atoms with Crippen LogP contribution in [-0.2, 0) is 17.5 Å². The van der Waals surface area contributed by atoms with E-state index in [9.17, 15) is 18.0 Å². The van der Waals surface area contributed by atoms with E-state index in [1.807, 2.05) is 0 Å². The quantitative estimate of drug-likeness (QED) is 0.589. The number of carbonyl (C=O) groups excluding carboxylic acids is 1. The van der Waals surface area contributed by atoms with E-state index in [2.05, 4.69) is 25.9 Å². The second-order valence-corrected chi connectivity index (χ2v) is 6.28. The number of halogens is 5. The molecule has 1 heterocycles. The van der Waals surface area contributed by atoms with Gasteiger partial charge < -0.3 is 16.0 Å². The van der Waals surface area contributed by atoms with Crippen molar-refractivity contribution in [1.29, 1.82) is 0 Å². The molecule has 11 heteroatoms. The number of alkyl halides is 3. The molecule has 1 aromatic heterocycles. The highest BCUT2D eigenvalue weighted by molar-refractivity contribution is 6.42. The smallest absolute Gasteiger partial charge is 0.368 e. The summed E-state index contributed by atoms with van der Waals surface area (Å²) in [5.41, 5.74) is -0.238. The van der Waals surface area contributed by atoms with Crippen LogP contribution in [0.1, 0.15) is 18.1 Å². The molecule has 146 valence electrons. The van der Waals surface area contributed by atoms with Crippen LogP contribution in [0.2, 0.25) is 10.0 Å². The topological polar surface area (TPSA) is 78.9 Å². The number of amides is 1. The Morgan fingerprint density at radius 2 is 1.89 bits per heavy atom. The van der Waals surface area contributed by atoms with Crippen molar-refractivity contribution in [3.63, 3.8) is 0 Å². The van der Waals surface area contributed by atoms with Crippen molar-refractivity contribution < 1.29 is 18.0 Å². The van der Waals surface area contributed by atoms with Crippen LogP contribution in [0.3, 0.4) is 0 Å². The third-order valence-corrected chi connectivity index (χ3v) is 4.06. The highest BCUT2D eigenvalue weighted by Gasteiger charge is 2.35. The second-order valence-electron chi connectivity index (χ2n) is 5.47. The molecule has 2 rings (SSSR count). The summed E-state index contributed by atoms with van der Waals surface area (Å²) < 4.78 is 39.3. The minimum atomic E-state index is -4.61. The molecule has 3 N–H and O–H groups in total. The van der Waals surface area contributed by atoms with E-state index in [1.54, 1.807) is 18.2 Å². The fraction of sp³-hybridized carbons (Fsp3) is 0.312. The summed E-state index contributed by atoms with van der Waals surface area (Å²) in [5, 5.41) is 8.65. The Bertz CT molecular complexity index is 817. The van der Waals surface area contributed by atoms with Crippen LogP contribution in [0.25, 0.3) is 0 Å². The Morgan fingerprint density at radius 1 is 1.15 bits per heavy atom. The highest BCUT2D eigenvalue weighted by Crippen LogP contribution is 2.33. The normalized spacial score (nSPS) is 11.2. The van der Waals surface area contributed by atoms with Crippen LogP contribution < -0.4 is 16.0 Å². The standard InChI is InChI=1S/C16H16Cl2F3N5O/c1-9(27)22-4-5-23-14-11(16(19,20)21)8-25-15(26-14)24-7-10-2-3-12(17)13(18)6-10/h2-3,6,8H,4-5,7H2,1H3,(H,22,27)(H2,23,24,25,26). The lowest BCUT2D eigenvalue weighted by molar-refractivity contribution is -0.137. The second kappa shape index (κ2) is 9.09. The maximum atomic E-state index is 13.1. The molecule has 0 saturated heterocycles. The van der Waals surface area contributed by atoms with E-state index in [0.29, 0.717) is 16.2 Å². The van der Waals surface area contributed by atoms with Crippen molar-refractivity contribution in [2.45, 2.75) is 19.6 Å². The van der Waals surface area contributed by atoms with Gasteiger partial charge in [0, 0.05) is 32.8 Å². The van der Waals surface area contributed by atoms with Crippen LogP contribution in [-0.4, -0.2) is 29.0 Å². The number of aromatic nitrogens is 2. The molecule has 2 aromatic rings. The third kappa shape index (κ3) is 6.44. The lowest BCUT2D eigenvalue weighted by atomic mass is 10.2. The van der Waals surface area contributed by atoms with Crippen LogP contribution >= 0.6 is 23.2 Å². The molecule has 0 aliphatic heterocycles. The summed E-state index contributed by atoms with van der Waals surface area (Å²) in [7, 11) is 0. The van der Waals surface area contributed by atoms with Crippen molar-refractivity contribution in [2.24, 2.45) is 0 Å². The average Bonchev–Trinajstić information content (AvgIpc) is 2.58. The molecular weight excluding hydrogens is 406 g/mol. The Hall–Kier alpha value is -2.26. The van der Waals surface area contributed by atoms with Crippen LogP contribution in [0.15, 0.2) is 24.4 Å². The monoisotopic (exact) mass is 421 g/mol. The minimum absolute atomic E-state index is 0.0103. The molecule has 27 heavy (non-hydrogen) atoms. The van der Waals surface area contributed by atoms with Gasteiger partial charge in [-0.15, -0.1) is 0 Å². The van der Waals surface area contributed by atoms with Gasteiger partial charge in [0.1, 0.15) is 11.4 Å². The first-order chi connectivity index (χ1) is 12.7. The van der Waals surface area contributed by atoms with E-state index in [4.69, 9.17) is 23.2 Å². The third-order valence-electron chi connectivity index (χ3n) is 3.32. The number of hydrogen-bond acceptors (Lipinski definition) is 5. The summed E-state index contributed by atoms with van der Waals surface area (Å²) in [6.07, 6.45) is -3.91. The summed E-state index contributed by atoms with van der Waals surface area (Å²) in [6.45, 7) is 1.79. The zero-order valence-corrected chi connectivity index (χ0v) is 15.6. The fourth-order valence-electron chi connectivity index (χ4n) is 2.06. The highest BCUT2D eigenvalue weighted by atomic mass is 35.5. The van der Waals surface area contributed by atoms with E-state index < -0.39 is 11.7 Å². The fourth-order valence-corrected chi connectivity index (χ4v) is 2.38. The Labute approximate surface area is 163 Å². The van der Waals surface area contributed by atoms with E-state index in [0.717, 1.165) is 5.56 Å². The SMILES string of the molecule is CC(=O)NCCNc1nc(NCc2ccc(Cl)c(Cl)c2)ncc1C(F)(F)F. The molecule has 0 unspecified atom stereocenters. The maximum absolute atomic E-state index is 13.1. The number of nitrogens with zero attached hydrogens (tertiary/aromatic N) is 2. The van der Waals surface area contributed by atoms with Gasteiger partial charge in [-0.1, -0.05) is 29.3 Å². The summed E-state index contributed by atoms with van der Waals surface area (Å²) in [6, 6.07) is 4.97. The molecule has 1 aromatic carbocycles. The van der Waals surface area contributed by atoms with Gasteiger partial charge >= 0.3 is 6.18 Å². The Morgan fingerprint density at radius 3 is 2.52 bits per heavy atom. The van der Waals surface area contributed by atoms with Crippen LogP contribution in [0, 0.1) is 0 Å². The van der Waals surface area contributed by atoms with Crippen molar-refractivity contribution in [3.8, 4) is 0 Å². The van der Waals surface area contributed by atoms with Crippen molar-refractivity contribution in [3.05, 3.63) is 45.6 Å². The molecule has 0 spiro atoms. The number of nitrogens with one attached hydrogen (secondary N) is 3. The predicted octanol–water partition coefficient (Wildman–Crippen LogP) is 3.96. The zero-order valence-electron chi connectivity index (χ0n) is 14.1. The maximum Gasteiger partial charge on any atom is 0.421 e. The zero-order chi connectivity index (χ0) is 20.0. The molecule has 0 saturated carbocycles. The first-order valence-corrected chi connectivity index (χ1v) is 8.52. The predicted molar refractivity (Wildman–Crippen MR) is 98.0 cm³/mol. The van der Waals surface area contributed by atoms with Gasteiger partial charge in [0.2, 0.25) is 11.9 Å². The molecular formula is C16H16Cl2F3N5O. The number of rotatable bonds is 7. The Balaban J connectivity index is 2.11. The summed E-state index contributed by atoms with van der Waals surface area (Å²) >= 11 is 11.8. The van der Waals surface area contributed by atoms with Gasteiger partial charge in [-0.05, 0) is 17.7 Å².